The van der Waals surface area contributed by atoms with Gasteiger partial charge in [0.15, 0.2) is 0 Å². The van der Waals surface area contributed by atoms with Gasteiger partial charge in [0.05, 0.1) is 63.9 Å². The zero-order valence-electron chi connectivity index (χ0n) is 27.3. The van der Waals surface area contributed by atoms with Crippen molar-refractivity contribution in [2.24, 2.45) is 0 Å². The molecule has 0 saturated heterocycles. The Morgan fingerprint density at radius 2 is 0.833 bits per heavy atom. The van der Waals surface area contributed by atoms with Crippen LogP contribution in [0.4, 0.5) is 0 Å². The number of carbonyl (C=O) groups is 4. The van der Waals surface area contributed by atoms with E-state index in [-0.39, 0.29) is 22.3 Å². The fourth-order valence-corrected chi connectivity index (χ4v) is 6.04. The second kappa shape index (κ2) is 22.0. The molecule has 0 radical (unpaired) electrons. The Bertz CT molecular complexity index is 1360. The average molecular weight is 699 g/mol. The summed E-state index contributed by atoms with van der Waals surface area (Å²) in [4.78, 5) is 48.5. The summed E-state index contributed by atoms with van der Waals surface area (Å²) in [5.41, 5.74) is 0.720. The van der Waals surface area contributed by atoms with Crippen LogP contribution in [0, 0.1) is 22.7 Å². The highest BCUT2D eigenvalue weighted by atomic mass is 32.2. The van der Waals surface area contributed by atoms with Gasteiger partial charge >= 0.3 is 23.9 Å². The molecule has 14 heteroatoms. The Kier molecular flexibility index (Phi) is 18.1. The molecule has 0 aliphatic rings. The summed E-state index contributed by atoms with van der Waals surface area (Å²) in [6.45, 7) is 0.713. The first kappa shape index (κ1) is 39.5. The quantitative estimate of drug-likeness (QED) is 0.0647. The van der Waals surface area contributed by atoms with E-state index in [1.54, 1.807) is 0 Å². The summed E-state index contributed by atoms with van der Waals surface area (Å²) in [6, 6.07) is 13.1. The highest BCUT2D eigenvalue weighted by Crippen LogP contribution is 2.29. The molecular formula is C34H38N2O10S2. The van der Waals surface area contributed by atoms with E-state index in [1.165, 1.54) is 88.4 Å². The topological polar surface area (TPSA) is 171 Å². The molecule has 2 aromatic carbocycles. The third-order valence-corrected chi connectivity index (χ3v) is 8.80. The van der Waals surface area contributed by atoms with Gasteiger partial charge in [0.2, 0.25) is 0 Å². The molecule has 0 spiro atoms. The maximum atomic E-state index is 11.9. The molecule has 0 aromatic heterocycles. The van der Waals surface area contributed by atoms with Crippen LogP contribution in [0.15, 0.2) is 46.2 Å². The van der Waals surface area contributed by atoms with Gasteiger partial charge in [-0.1, -0.05) is 0 Å². The van der Waals surface area contributed by atoms with E-state index in [0.717, 1.165) is 25.7 Å². The van der Waals surface area contributed by atoms with Gasteiger partial charge in [0, 0.05) is 0 Å². The SMILES string of the molecule is COC(=O)c1cc(OCCCCCS/C(C#N)=C(/C#N)SCCCCCOc2cc(C(=O)OC)cc(C(=O)OC)c2)cc(C(=O)OC)c1. The number of rotatable bonds is 20. The lowest BCUT2D eigenvalue weighted by Crippen LogP contribution is -2.08. The molecule has 0 fully saturated rings. The lowest BCUT2D eigenvalue weighted by molar-refractivity contribution is 0.0580. The molecule has 0 amide bonds. The van der Waals surface area contributed by atoms with Gasteiger partial charge in [-0.05, 0) is 86.4 Å². The van der Waals surface area contributed by atoms with Crippen LogP contribution in [0.25, 0.3) is 0 Å². The number of hydrogen-bond donors (Lipinski definition) is 0. The third-order valence-electron chi connectivity index (χ3n) is 6.51. The van der Waals surface area contributed by atoms with Gasteiger partial charge in [0.25, 0.3) is 0 Å². The summed E-state index contributed by atoms with van der Waals surface area (Å²) in [6.07, 6.45) is 4.61. The van der Waals surface area contributed by atoms with E-state index in [4.69, 9.17) is 28.4 Å². The van der Waals surface area contributed by atoms with Gasteiger partial charge in [-0.2, -0.15) is 10.5 Å². The fourth-order valence-electron chi connectivity index (χ4n) is 4.10. The number of nitriles is 2. The van der Waals surface area contributed by atoms with Gasteiger partial charge in [-0.15, -0.1) is 23.5 Å². The van der Waals surface area contributed by atoms with Crippen LogP contribution >= 0.6 is 23.5 Å². The molecule has 0 bridgehead atoms. The Labute approximate surface area is 288 Å². The number of thioether (sulfide) groups is 2. The van der Waals surface area contributed by atoms with Crippen molar-refractivity contribution in [1.82, 2.24) is 0 Å². The first-order valence-electron chi connectivity index (χ1n) is 14.9. The predicted octanol–water partition coefficient (Wildman–Crippen LogP) is 6.36. The standard InChI is InChI=1S/C34H38N2O10S2/c1-41-31(37)23-15-24(32(38)42-2)18-27(17-23)45-11-7-5-9-13-47-29(21-35)30(22-36)48-14-10-6-8-12-46-28-19-25(33(39)43-3)16-26(20-28)34(40)44-4/h15-20H,5-14H2,1-4H3/b30-29-. The van der Waals surface area contributed by atoms with Crippen molar-refractivity contribution in [3.05, 3.63) is 68.5 Å². The highest BCUT2D eigenvalue weighted by Gasteiger charge is 2.16. The zero-order valence-corrected chi connectivity index (χ0v) is 29.0. The first-order valence-corrected chi connectivity index (χ1v) is 16.9. The number of unbranched alkanes of at least 4 members (excludes halogenated alkanes) is 4. The number of ether oxygens (including phenoxy) is 6. The zero-order chi connectivity index (χ0) is 35.3. The molecular weight excluding hydrogens is 661 g/mol. The van der Waals surface area contributed by atoms with Crippen molar-refractivity contribution in [2.75, 3.05) is 53.2 Å². The minimum absolute atomic E-state index is 0.180. The van der Waals surface area contributed by atoms with E-state index in [1.807, 2.05) is 0 Å². The van der Waals surface area contributed by atoms with E-state index in [2.05, 4.69) is 12.1 Å². The predicted molar refractivity (Wildman–Crippen MR) is 180 cm³/mol. The maximum absolute atomic E-state index is 11.9. The molecule has 2 rings (SSSR count). The highest BCUT2D eigenvalue weighted by molar-refractivity contribution is 8.07. The maximum Gasteiger partial charge on any atom is 0.338 e. The molecule has 0 unspecified atom stereocenters. The number of benzene rings is 2. The normalized spacial score (nSPS) is 10.9. The summed E-state index contributed by atoms with van der Waals surface area (Å²) in [7, 11) is 5.00. The lowest BCUT2D eigenvalue weighted by atomic mass is 10.1. The minimum Gasteiger partial charge on any atom is -0.494 e. The Morgan fingerprint density at radius 3 is 1.10 bits per heavy atom. The van der Waals surface area contributed by atoms with Crippen molar-refractivity contribution in [1.29, 1.82) is 10.5 Å². The Balaban J connectivity index is 1.73. The van der Waals surface area contributed by atoms with Gasteiger partial charge < -0.3 is 28.4 Å². The summed E-state index contributed by atoms with van der Waals surface area (Å²) >= 11 is 2.70. The molecule has 0 atom stereocenters. The van der Waals surface area contributed by atoms with E-state index < -0.39 is 23.9 Å². The number of hydrogen-bond acceptors (Lipinski definition) is 14. The van der Waals surface area contributed by atoms with Crippen molar-refractivity contribution >= 4 is 47.4 Å². The van der Waals surface area contributed by atoms with Gasteiger partial charge in [-0.25, -0.2) is 19.2 Å². The van der Waals surface area contributed by atoms with E-state index in [0.29, 0.717) is 58.9 Å². The monoisotopic (exact) mass is 698 g/mol. The summed E-state index contributed by atoms with van der Waals surface area (Å²) < 4.78 is 30.4. The molecule has 12 nitrogen and oxygen atoms in total. The largest absolute Gasteiger partial charge is 0.494 e. The Hall–Kier alpha value is -4.66. The first-order chi connectivity index (χ1) is 23.2. The third kappa shape index (κ3) is 13.2. The smallest absolute Gasteiger partial charge is 0.338 e. The van der Waals surface area contributed by atoms with E-state index >= 15 is 0 Å². The van der Waals surface area contributed by atoms with Gasteiger partial charge in [-0.3, -0.25) is 0 Å². The molecule has 48 heavy (non-hydrogen) atoms. The van der Waals surface area contributed by atoms with Crippen LogP contribution in [0.5, 0.6) is 11.5 Å². The average Bonchev–Trinajstić information content (AvgIpc) is 3.12. The van der Waals surface area contributed by atoms with Gasteiger partial charge in [0.1, 0.15) is 33.4 Å². The van der Waals surface area contributed by atoms with Crippen LogP contribution in [0.1, 0.15) is 80.0 Å². The van der Waals surface area contributed by atoms with Crippen LogP contribution in [0.3, 0.4) is 0 Å². The van der Waals surface area contributed by atoms with Crippen molar-refractivity contribution in [3.8, 4) is 23.6 Å². The fraction of sp³-hybridized carbons (Fsp3) is 0.412. The van der Waals surface area contributed by atoms with Crippen LogP contribution in [0.2, 0.25) is 0 Å². The molecule has 0 saturated carbocycles. The summed E-state index contributed by atoms with van der Waals surface area (Å²) in [5, 5.41) is 19.2. The second-order valence-corrected chi connectivity index (χ2v) is 12.1. The second-order valence-electron chi connectivity index (χ2n) is 9.86. The lowest BCUT2D eigenvalue weighted by Gasteiger charge is -2.10. The van der Waals surface area contributed by atoms with Crippen molar-refractivity contribution in [3.63, 3.8) is 0 Å². The molecule has 0 aliphatic heterocycles. The Morgan fingerprint density at radius 1 is 0.521 bits per heavy atom. The minimum atomic E-state index is -0.595. The molecule has 0 aliphatic carbocycles. The number of carbonyl (C=O) groups excluding carboxylic acids is 4. The molecule has 256 valence electrons. The number of esters is 4. The molecule has 2 aromatic rings. The van der Waals surface area contributed by atoms with E-state index in [9.17, 15) is 29.7 Å². The number of nitrogens with zero attached hydrogens (tertiary/aromatic N) is 2. The van der Waals surface area contributed by atoms with Crippen LogP contribution < -0.4 is 9.47 Å². The summed E-state index contributed by atoms with van der Waals surface area (Å²) in [5.74, 6) is -0.358. The van der Waals surface area contributed by atoms with Crippen molar-refractivity contribution < 1.29 is 47.6 Å². The number of allylic oxidation sites excluding steroid dienone is 2. The molecule has 0 N–H and O–H groups in total. The van der Waals surface area contributed by atoms with Crippen molar-refractivity contribution in [2.45, 2.75) is 38.5 Å². The van der Waals surface area contributed by atoms with Crippen LogP contribution in [-0.2, 0) is 18.9 Å². The number of methoxy groups -OCH3 is 4. The van der Waals surface area contributed by atoms with Crippen LogP contribution in [-0.4, -0.2) is 77.0 Å². The molecule has 0 heterocycles.